The number of aryl methyl sites for hydroxylation is 1. The minimum absolute atomic E-state index is 0.00875. The molecule has 0 heterocycles. The highest BCUT2D eigenvalue weighted by atomic mass is 16.5. The normalized spacial score (nSPS) is 26.1. The highest BCUT2D eigenvalue weighted by molar-refractivity contribution is 5.27. The molecule has 1 atom stereocenters. The lowest BCUT2D eigenvalue weighted by Crippen LogP contribution is -2.54. The van der Waals surface area contributed by atoms with E-state index in [1.54, 1.807) is 7.11 Å². The molecule has 1 aromatic carbocycles. The highest BCUT2D eigenvalue weighted by Crippen LogP contribution is 2.44. The molecule has 1 aliphatic carbocycles. The first-order valence-electron chi connectivity index (χ1n) is 7.39. The maximum absolute atomic E-state index is 6.72. The summed E-state index contributed by atoms with van der Waals surface area (Å²) in [5.41, 5.74) is 8.32. The summed E-state index contributed by atoms with van der Waals surface area (Å²) < 4.78 is 5.19. The Morgan fingerprint density at radius 2 is 1.74 bits per heavy atom. The highest BCUT2D eigenvalue weighted by Gasteiger charge is 2.42. The second kappa shape index (κ2) is 5.54. The third kappa shape index (κ3) is 3.11. The lowest BCUT2D eigenvalue weighted by Gasteiger charge is -2.48. The van der Waals surface area contributed by atoms with Crippen LogP contribution in [0.15, 0.2) is 24.3 Å². The van der Waals surface area contributed by atoms with E-state index in [0.717, 1.165) is 25.0 Å². The van der Waals surface area contributed by atoms with Crippen molar-refractivity contribution in [1.82, 2.24) is 0 Å². The van der Waals surface area contributed by atoms with E-state index < -0.39 is 0 Å². The third-order valence-corrected chi connectivity index (χ3v) is 5.04. The van der Waals surface area contributed by atoms with Crippen molar-refractivity contribution in [2.24, 2.45) is 11.1 Å². The molecular weight excluding hydrogens is 234 g/mol. The second-order valence-corrected chi connectivity index (χ2v) is 6.60. The summed E-state index contributed by atoms with van der Waals surface area (Å²) in [6.07, 6.45) is 7.16. The van der Waals surface area contributed by atoms with E-state index in [4.69, 9.17) is 10.5 Å². The van der Waals surface area contributed by atoms with Crippen LogP contribution in [-0.2, 0) is 6.42 Å². The summed E-state index contributed by atoms with van der Waals surface area (Å²) in [6.45, 7) is 4.67. The monoisotopic (exact) mass is 261 g/mol. The maximum Gasteiger partial charge on any atom is 0.118 e. The molecule has 0 aromatic heterocycles. The van der Waals surface area contributed by atoms with Gasteiger partial charge in [-0.1, -0.05) is 38.8 Å². The zero-order chi connectivity index (χ0) is 13.9. The quantitative estimate of drug-likeness (QED) is 0.891. The van der Waals surface area contributed by atoms with Gasteiger partial charge in [0.25, 0.3) is 0 Å². The minimum Gasteiger partial charge on any atom is -0.497 e. The van der Waals surface area contributed by atoms with Crippen molar-refractivity contribution in [3.8, 4) is 5.75 Å². The van der Waals surface area contributed by atoms with E-state index in [2.05, 4.69) is 26.0 Å². The molecule has 0 amide bonds. The summed E-state index contributed by atoms with van der Waals surface area (Å²) >= 11 is 0. The fourth-order valence-electron chi connectivity index (χ4n) is 3.22. The smallest absolute Gasteiger partial charge is 0.118 e. The minimum atomic E-state index is -0.00875. The number of rotatable bonds is 4. The average Bonchev–Trinajstić information content (AvgIpc) is 2.41. The van der Waals surface area contributed by atoms with Crippen LogP contribution in [0.4, 0.5) is 0 Å². The first-order valence-corrected chi connectivity index (χ1v) is 7.39. The van der Waals surface area contributed by atoms with Gasteiger partial charge in [0.2, 0.25) is 0 Å². The number of nitrogens with two attached hydrogens (primary N) is 1. The first kappa shape index (κ1) is 14.4. The maximum atomic E-state index is 6.72. The molecule has 1 aliphatic rings. The Kier molecular flexibility index (Phi) is 4.19. The van der Waals surface area contributed by atoms with Crippen molar-refractivity contribution in [1.29, 1.82) is 0 Å². The molecule has 1 aromatic rings. The van der Waals surface area contributed by atoms with Gasteiger partial charge in [0, 0.05) is 5.54 Å². The van der Waals surface area contributed by atoms with Gasteiger partial charge >= 0.3 is 0 Å². The Hall–Kier alpha value is -1.02. The van der Waals surface area contributed by atoms with Gasteiger partial charge in [0.15, 0.2) is 0 Å². The lowest BCUT2D eigenvalue weighted by atomic mass is 9.62. The number of hydrogen-bond donors (Lipinski definition) is 1. The van der Waals surface area contributed by atoms with E-state index >= 15 is 0 Å². The molecule has 0 radical (unpaired) electrons. The molecule has 1 unspecified atom stereocenters. The predicted molar refractivity (Wildman–Crippen MR) is 80.5 cm³/mol. The standard InChI is InChI=1S/C17H27NO/c1-16(2)11-4-5-12-17(16,18)13-10-14-6-8-15(19-3)9-7-14/h6-9H,4-5,10-13,18H2,1-3H3. The Balaban J connectivity index is 2.00. The first-order chi connectivity index (χ1) is 8.97. The lowest BCUT2D eigenvalue weighted by molar-refractivity contribution is 0.0910. The fraction of sp³-hybridized carbons (Fsp3) is 0.647. The molecule has 0 bridgehead atoms. The van der Waals surface area contributed by atoms with E-state index in [1.807, 2.05) is 12.1 Å². The summed E-state index contributed by atoms with van der Waals surface area (Å²) in [7, 11) is 1.70. The van der Waals surface area contributed by atoms with Crippen molar-refractivity contribution >= 4 is 0 Å². The zero-order valence-electron chi connectivity index (χ0n) is 12.5. The number of benzene rings is 1. The molecular formula is C17H27NO. The molecule has 2 rings (SSSR count). The fourth-order valence-corrected chi connectivity index (χ4v) is 3.22. The second-order valence-electron chi connectivity index (χ2n) is 6.60. The van der Waals surface area contributed by atoms with Gasteiger partial charge in [0.1, 0.15) is 5.75 Å². The summed E-state index contributed by atoms with van der Waals surface area (Å²) in [5, 5.41) is 0. The van der Waals surface area contributed by atoms with Gasteiger partial charge in [-0.15, -0.1) is 0 Å². The largest absolute Gasteiger partial charge is 0.497 e. The van der Waals surface area contributed by atoms with Crippen molar-refractivity contribution < 1.29 is 4.74 Å². The van der Waals surface area contributed by atoms with Gasteiger partial charge in [-0.05, 0) is 48.8 Å². The van der Waals surface area contributed by atoms with Gasteiger partial charge in [0.05, 0.1) is 7.11 Å². The molecule has 2 heteroatoms. The predicted octanol–water partition coefficient (Wildman–Crippen LogP) is 3.93. The van der Waals surface area contributed by atoms with E-state index in [-0.39, 0.29) is 11.0 Å². The summed E-state index contributed by atoms with van der Waals surface area (Å²) in [5.74, 6) is 0.921. The SMILES string of the molecule is COc1ccc(CCC2(N)CCCCC2(C)C)cc1. The van der Waals surface area contributed by atoms with Crippen LogP contribution in [0.5, 0.6) is 5.75 Å². The van der Waals surface area contributed by atoms with Crippen molar-refractivity contribution in [3.63, 3.8) is 0 Å². The van der Waals surface area contributed by atoms with Crippen LogP contribution < -0.4 is 10.5 Å². The van der Waals surface area contributed by atoms with Crippen LogP contribution in [0.25, 0.3) is 0 Å². The summed E-state index contributed by atoms with van der Waals surface area (Å²) in [6, 6.07) is 8.37. The van der Waals surface area contributed by atoms with Crippen molar-refractivity contribution in [3.05, 3.63) is 29.8 Å². The average molecular weight is 261 g/mol. The molecule has 0 aliphatic heterocycles. The van der Waals surface area contributed by atoms with Crippen LogP contribution in [0, 0.1) is 5.41 Å². The Morgan fingerprint density at radius 3 is 2.32 bits per heavy atom. The van der Waals surface area contributed by atoms with Gasteiger partial charge in [-0.25, -0.2) is 0 Å². The number of ether oxygens (including phenoxy) is 1. The van der Waals surface area contributed by atoms with E-state index in [0.29, 0.717) is 0 Å². The van der Waals surface area contributed by atoms with Crippen molar-refractivity contribution in [2.75, 3.05) is 7.11 Å². The Labute approximate surface area is 117 Å². The molecule has 19 heavy (non-hydrogen) atoms. The summed E-state index contributed by atoms with van der Waals surface area (Å²) in [4.78, 5) is 0. The van der Waals surface area contributed by atoms with Gasteiger partial charge in [-0.3, -0.25) is 0 Å². The van der Waals surface area contributed by atoms with Gasteiger partial charge < -0.3 is 10.5 Å². The van der Waals surface area contributed by atoms with Crippen LogP contribution >= 0.6 is 0 Å². The molecule has 106 valence electrons. The molecule has 0 saturated heterocycles. The molecule has 1 saturated carbocycles. The van der Waals surface area contributed by atoms with E-state index in [9.17, 15) is 0 Å². The van der Waals surface area contributed by atoms with Crippen LogP contribution in [0.1, 0.15) is 51.5 Å². The molecule has 0 spiro atoms. The molecule has 2 nitrogen and oxygen atoms in total. The Morgan fingerprint density at radius 1 is 1.11 bits per heavy atom. The van der Waals surface area contributed by atoms with Gasteiger partial charge in [-0.2, -0.15) is 0 Å². The van der Waals surface area contributed by atoms with Crippen LogP contribution in [-0.4, -0.2) is 12.6 Å². The molecule has 2 N–H and O–H groups in total. The zero-order valence-corrected chi connectivity index (χ0v) is 12.5. The van der Waals surface area contributed by atoms with Crippen molar-refractivity contribution in [2.45, 2.75) is 57.9 Å². The number of hydrogen-bond acceptors (Lipinski definition) is 2. The third-order valence-electron chi connectivity index (χ3n) is 5.04. The number of methoxy groups -OCH3 is 1. The Bertz CT molecular complexity index is 410. The van der Waals surface area contributed by atoms with E-state index in [1.165, 1.54) is 24.8 Å². The topological polar surface area (TPSA) is 35.2 Å². The van der Waals surface area contributed by atoms with Crippen LogP contribution in [0.2, 0.25) is 0 Å². The van der Waals surface area contributed by atoms with Crippen LogP contribution in [0.3, 0.4) is 0 Å². The molecule has 1 fully saturated rings.